The van der Waals surface area contributed by atoms with Crippen molar-refractivity contribution >= 4 is 34.0 Å². The average Bonchev–Trinajstić information content (AvgIpc) is 2.55. The summed E-state index contributed by atoms with van der Waals surface area (Å²) in [6.07, 6.45) is 0. The van der Waals surface area contributed by atoms with Gasteiger partial charge in [0.15, 0.2) is 0 Å². The zero-order valence-corrected chi connectivity index (χ0v) is 19.5. The number of hydrogen-bond acceptors (Lipinski definition) is 5. The number of aromatic hydroxyl groups is 1. The number of hydrogen-bond donors (Lipinski definition) is 2. The second-order valence-corrected chi connectivity index (χ2v) is 10.3. The van der Waals surface area contributed by atoms with Crippen LogP contribution in [0.5, 0.6) is 5.75 Å². The van der Waals surface area contributed by atoms with Crippen LogP contribution in [0.1, 0.15) is 72.1 Å². The van der Waals surface area contributed by atoms with E-state index in [1.807, 2.05) is 12.1 Å². The average molecular weight is 411 g/mol. The van der Waals surface area contributed by atoms with E-state index >= 15 is 0 Å². The zero-order valence-electron chi connectivity index (χ0n) is 17.9. The Morgan fingerprint density at radius 1 is 1.04 bits per heavy atom. The Bertz CT molecular complexity index is 662. The lowest BCUT2D eigenvalue weighted by molar-refractivity contribution is 0.319. The van der Waals surface area contributed by atoms with Crippen molar-refractivity contribution < 1.29 is 10.3 Å². The van der Waals surface area contributed by atoms with Crippen molar-refractivity contribution in [2.24, 2.45) is 5.16 Å². The minimum Gasteiger partial charge on any atom is -0.507 e. The first kappa shape index (κ1) is 23.8. The van der Waals surface area contributed by atoms with E-state index in [9.17, 15) is 10.3 Å². The molecule has 0 radical (unpaired) electrons. The Hall–Kier alpha value is -1.27. The monoisotopic (exact) mass is 410 g/mol. The summed E-state index contributed by atoms with van der Waals surface area (Å²) in [6, 6.07) is 3.86. The highest BCUT2D eigenvalue weighted by atomic mass is 32.2. The normalized spacial score (nSPS) is 13.0. The second kappa shape index (κ2) is 9.28. The molecule has 1 aromatic carbocycles. The van der Waals surface area contributed by atoms with E-state index in [2.05, 4.69) is 65.4 Å². The Morgan fingerprint density at radius 2 is 1.48 bits per heavy atom. The predicted molar refractivity (Wildman–Crippen MR) is 122 cm³/mol. The highest BCUT2D eigenvalue weighted by molar-refractivity contribution is 8.23. The Labute approximate surface area is 174 Å². The lowest BCUT2D eigenvalue weighted by Gasteiger charge is -2.28. The molecule has 0 aliphatic heterocycles. The molecule has 1 rings (SSSR count). The van der Waals surface area contributed by atoms with E-state index in [4.69, 9.17) is 12.2 Å². The van der Waals surface area contributed by atoms with Crippen LogP contribution in [-0.4, -0.2) is 44.1 Å². The fourth-order valence-electron chi connectivity index (χ4n) is 2.82. The highest BCUT2D eigenvalue weighted by Gasteiger charge is 2.27. The summed E-state index contributed by atoms with van der Waals surface area (Å²) < 4.78 is 0.798. The number of nitrogens with zero attached hydrogens (tertiary/aromatic N) is 2. The number of thioether (sulfide) groups is 1. The standard InChI is InChI=1S/C21H34N2O2S2/c1-9-23(10-2)19(26)27-13-17(22-25)14-11-15(20(3,4)5)18(24)16(12-14)21(6,7)8/h11-12,24-25H,9-10,13H2,1-8H3/b22-17-. The molecule has 2 N–H and O–H groups in total. The summed E-state index contributed by atoms with van der Waals surface area (Å²) in [6.45, 7) is 18.3. The largest absolute Gasteiger partial charge is 0.507 e. The molecule has 4 nitrogen and oxygen atoms in total. The molecule has 0 aliphatic rings. The molecule has 152 valence electrons. The van der Waals surface area contributed by atoms with E-state index in [1.165, 1.54) is 11.8 Å². The zero-order chi connectivity index (χ0) is 21.0. The van der Waals surface area contributed by atoms with Crippen LogP contribution >= 0.6 is 24.0 Å². The number of rotatable bonds is 5. The number of benzene rings is 1. The summed E-state index contributed by atoms with van der Waals surface area (Å²) in [7, 11) is 0. The van der Waals surface area contributed by atoms with Crippen LogP contribution in [0.15, 0.2) is 17.3 Å². The third kappa shape index (κ3) is 6.11. The van der Waals surface area contributed by atoms with Crippen molar-refractivity contribution in [3.8, 4) is 5.75 Å². The van der Waals surface area contributed by atoms with Gasteiger partial charge in [0.2, 0.25) is 0 Å². The molecule has 0 atom stereocenters. The third-order valence-corrected chi connectivity index (χ3v) is 6.07. The van der Waals surface area contributed by atoms with Gasteiger partial charge in [-0.15, -0.1) is 0 Å². The van der Waals surface area contributed by atoms with Gasteiger partial charge in [0.1, 0.15) is 10.1 Å². The SMILES string of the molecule is CCN(CC)C(=S)SC/C(=N/O)c1cc(C(C)(C)C)c(O)c(C(C)(C)C)c1. The van der Waals surface area contributed by atoms with Crippen molar-refractivity contribution in [1.29, 1.82) is 0 Å². The lowest BCUT2D eigenvalue weighted by Crippen LogP contribution is -2.27. The first-order valence-electron chi connectivity index (χ1n) is 9.37. The molecule has 0 amide bonds. The third-order valence-electron chi connectivity index (χ3n) is 4.53. The van der Waals surface area contributed by atoms with Gasteiger partial charge in [-0.25, -0.2) is 0 Å². The van der Waals surface area contributed by atoms with E-state index in [1.54, 1.807) is 0 Å². The van der Waals surface area contributed by atoms with Crippen LogP contribution < -0.4 is 0 Å². The van der Waals surface area contributed by atoms with Gasteiger partial charge in [0.25, 0.3) is 0 Å². The van der Waals surface area contributed by atoms with Gasteiger partial charge < -0.3 is 15.2 Å². The van der Waals surface area contributed by atoms with E-state index < -0.39 is 0 Å². The molecular weight excluding hydrogens is 376 g/mol. The Morgan fingerprint density at radius 3 is 1.81 bits per heavy atom. The summed E-state index contributed by atoms with van der Waals surface area (Å²) in [5, 5.41) is 24.1. The smallest absolute Gasteiger partial charge is 0.136 e. The van der Waals surface area contributed by atoms with Crippen LogP contribution in [0.4, 0.5) is 0 Å². The molecule has 1 aromatic rings. The highest BCUT2D eigenvalue weighted by Crippen LogP contribution is 2.40. The quantitative estimate of drug-likeness (QED) is 0.289. The number of thiocarbonyl (C=S) groups is 1. The molecule has 27 heavy (non-hydrogen) atoms. The maximum atomic E-state index is 10.9. The van der Waals surface area contributed by atoms with Crippen molar-refractivity contribution in [2.45, 2.75) is 66.2 Å². The van der Waals surface area contributed by atoms with Gasteiger partial charge in [-0.05, 0) is 36.8 Å². The molecule has 0 fully saturated rings. The van der Waals surface area contributed by atoms with Crippen molar-refractivity contribution in [2.75, 3.05) is 18.8 Å². The summed E-state index contributed by atoms with van der Waals surface area (Å²) in [4.78, 5) is 2.10. The topological polar surface area (TPSA) is 56.1 Å². The maximum Gasteiger partial charge on any atom is 0.136 e. The summed E-state index contributed by atoms with van der Waals surface area (Å²) >= 11 is 6.99. The Balaban J connectivity index is 3.32. The molecule has 0 bridgehead atoms. The predicted octanol–water partition coefficient (Wildman–Crippen LogP) is 5.53. The molecule has 0 aliphatic carbocycles. The van der Waals surface area contributed by atoms with Crippen molar-refractivity contribution in [3.05, 3.63) is 28.8 Å². The second-order valence-electron chi connectivity index (χ2n) is 8.69. The lowest BCUT2D eigenvalue weighted by atomic mass is 9.78. The molecule has 6 heteroatoms. The van der Waals surface area contributed by atoms with Crippen molar-refractivity contribution in [1.82, 2.24) is 4.90 Å². The number of phenolic OH excluding ortho intramolecular Hbond substituents is 1. The first-order chi connectivity index (χ1) is 12.4. The maximum absolute atomic E-state index is 10.9. The van der Waals surface area contributed by atoms with Crippen LogP contribution in [0, 0.1) is 0 Å². The molecular formula is C21H34N2O2S2. The van der Waals surface area contributed by atoms with E-state index in [0.29, 0.717) is 17.2 Å². The first-order valence-corrected chi connectivity index (χ1v) is 10.8. The summed E-state index contributed by atoms with van der Waals surface area (Å²) in [5.74, 6) is 0.798. The van der Waals surface area contributed by atoms with Gasteiger partial charge in [-0.3, -0.25) is 0 Å². The van der Waals surface area contributed by atoms with Gasteiger partial charge in [0, 0.05) is 35.5 Å². The fourth-order valence-corrected chi connectivity index (χ4v) is 4.18. The van der Waals surface area contributed by atoms with Gasteiger partial charge in [-0.1, -0.05) is 70.7 Å². The minimum absolute atomic E-state index is 0.232. The van der Waals surface area contributed by atoms with Crippen molar-refractivity contribution in [3.63, 3.8) is 0 Å². The molecule has 0 heterocycles. The molecule has 0 saturated carbocycles. The van der Waals surface area contributed by atoms with Gasteiger partial charge in [0.05, 0.1) is 5.71 Å². The fraction of sp³-hybridized carbons (Fsp3) is 0.619. The Kier molecular flexibility index (Phi) is 8.17. The van der Waals surface area contributed by atoms with E-state index in [-0.39, 0.29) is 10.8 Å². The van der Waals surface area contributed by atoms with Crippen LogP contribution in [-0.2, 0) is 10.8 Å². The minimum atomic E-state index is -0.232. The van der Waals surface area contributed by atoms with Gasteiger partial charge >= 0.3 is 0 Å². The van der Waals surface area contributed by atoms with Crippen LogP contribution in [0.25, 0.3) is 0 Å². The molecule has 0 aromatic heterocycles. The number of oxime groups is 1. The molecule has 0 saturated heterocycles. The summed E-state index contributed by atoms with van der Waals surface area (Å²) in [5.41, 5.74) is 2.62. The van der Waals surface area contributed by atoms with Crippen LogP contribution in [0.3, 0.4) is 0 Å². The molecule has 0 unspecified atom stereocenters. The number of phenols is 1. The van der Waals surface area contributed by atoms with E-state index in [0.717, 1.165) is 34.1 Å². The van der Waals surface area contributed by atoms with Gasteiger partial charge in [-0.2, -0.15) is 0 Å². The molecule has 0 spiro atoms. The van der Waals surface area contributed by atoms with Crippen LogP contribution in [0.2, 0.25) is 0 Å².